The number of hydrogen-bond acceptors (Lipinski definition) is 9. The molecule has 5 rings (SSSR count). The molecule has 1 atom stereocenters. The molecule has 0 bridgehead atoms. The Morgan fingerprint density at radius 1 is 1.08 bits per heavy atom. The lowest BCUT2D eigenvalue weighted by molar-refractivity contribution is -0.284. The first-order chi connectivity index (χ1) is 18.1. The maximum Gasteiger partial charge on any atom is 0.453 e. The summed E-state index contributed by atoms with van der Waals surface area (Å²) < 4.78 is 66.5. The molecule has 0 spiro atoms. The number of fused-ring (bicyclic) bond motifs is 2. The van der Waals surface area contributed by atoms with E-state index in [4.69, 9.17) is 5.73 Å². The minimum absolute atomic E-state index is 0.00142. The van der Waals surface area contributed by atoms with E-state index >= 15 is 0 Å². The van der Waals surface area contributed by atoms with Crippen LogP contribution in [0.4, 0.5) is 33.6 Å². The van der Waals surface area contributed by atoms with Gasteiger partial charge in [0.15, 0.2) is 11.5 Å². The molecule has 0 fully saturated rings. The van der Waals surface area contributed by atoms with Crippen LogP contribution >= 0.6 is 0 Å². The number of carbonyl (C=O) groups excluding carboxylic acids is 1. The first-order valence-corrected chi connectivity index (χ1v) is 11.7. The summed E-state index contributed by atoms with van der Waals surface area (Å²) in [5.74, 6) is -5.83. The molecule has 1 aliphatic heterocycles. The summed E-state index contributed by atoms with van der Waals surface area (Å²) in [7, 11) is 1.51. The molecule has 4 aromatic rings. The number of alkyl halides is 5. The predicted molar refractivity (Wildman–Crippen MR) is 127 cm³/mol. The van der Waals surface area contributed by atoms with Crippen molar-refractivity contribution in [1.29, 1.82) is 0 Å². The number of nitrogens with one attached hydrogen (secondary N) is 1. The van der Waals surface area contributed by atoms with Gasteiger partial charge in [0.05, 0.1) is 29.4 Å². The standard InChI is InChI=1S/C22H22F5N11O/c1-9(2)38-30-8-11(36-38)20(3)13-15(28)33-17(34-16(13)35-19(20)39)14-10-7-29-37(4)18(10)32-12(31-14)5-6-21(23,24)22(25,26)27/h7-9H,5-6H2,1-4H3,(H3,28,33,34,35,39). The van der Waals surface area contributed by atoms with E-state index in [2.05, 4.69) is 40.5 Å². The van der Waals surface area contributed by atoms with Crippen molar-refractivity contribution in [3.8, 4) is 11.5 Å². The second-order valence-corrected chi connectivity index (χ2v) is 9.58. The molecule has 5 heterocycles. The number of nitrogens with zero attached hydrogens (tertiary/aromatic N) is 9. The second kappa shape index (κ2) is 8.60. The fraction of sp³-hybridized carbons (Fsp3) is 0.455. The molecule has 0 saturated heterocycles. The van der Waals surface area contributed by atoms with Gasteiger partial charge in [-0.3, -0.25) is 9.48 Å². The predicted octanol–water partition coefficient (Wildman–Crippen LogP) is 2.96. The first kappa shape index (κ1) is 26.3. The molecule has 4 aromatic heterocycles. The number of nitrogen functional groups attached to an aromatic ring is 1. The number of rotatable bonds is 6. The third-order valence-corrected chi connectivity index (χ3v) is 6.53. The van der Waals surface area contributed by atoms with E-state index in [-0.39, 0.29) is 46.2 Å². The lowest BCUT2D eigenvalue weighted by Crippen LogP contribution is -2.36. The largest absolute Gasteiger partial charge is 0.453 e. The average Bonchev–Trinajstić information content (AvgIpc) is 3.54. The zero-order valence-corrected chi connectivity index (χ0v) is 21.0. The van der Waals surface area contributed by atoms with E-state index in [1.807, 2.05) is 13.8 Å². The van der Waals surface area contributed by atoms with Crippen LogP contribution in [0.1, 0.15) is 50.3 Å². The SMILES string of the molecule is CC(C)n1ncc(C2(C)C(=O)Nc3nc(-c4nc(CCC(F)(F)C(F)(F)F)nc5c4cnn5C)nc(N)c32)n1. The number of aryl methyl sites for hydroxylation is 2. The number of anilines is 2. The molecular formula is C22H22F5N11O. The molecule has 17 heteroatoms. The van der Waals surface area contributed by atoms with Gasteiger partial charge < -0.3 is 11.1 Å². The van der Waals surface area contributed by atoms with Crippen LogP contribution in [0, 0.1) is 0 Å². The number of amides is 1. The Kier molecular flexibility index (Phi) is 5.80. The maximum absolute atomic E-state index is 13.6. The Bertz CT molecular complexity index is 1610. The van der Waals surface area contributed by atoms with Gasteiger partial charge in [-0.05, 0) is 20.8 Å². The Morgan fingerprint density at radius 2 is 1.79 bits per heavy atom. The van der Waals surface area contributed by atoms with E-state index in [0.29, 0.717) is 11.1 Å². The van der Waals surface area contributed by atoms with Crippen LogP contribution in [0.5, 0.6) is 0 Å². The Hall–Kier alpha value is -4.31. The number of carbonyl (C=O) groups is 1. The molecule has 1 unspecified atom stereocenters. The molecule has 3 N–H and O–H groups in total. The lowest BCUT2D eigenvalue weighted by atomic mass is 9.81. The smallest absolute Gasteiger partial charge is 0.383 e. The number of nitrogens with two attached hydrogens (primary N) is 1. The second-order valence-electron chi connectivity index (χ2n) is 9.58. The lowest BCUT2D eigenvalue weighted by Gasteiger charge is -2.20. The minimum atomic E-state index is -5.71. The van der Waals surface area contributed by atoms with Gasteiger partial charge >= 0.3 is 12.1 Å². The highest BCUT2D eigenvalue weighted by Crippen LogP contribution is 2.44. The summed E-state index contributed by atoms with van der Waals surface area (Å²) in [6.07, 6.45) is -5.23. The van der Waals surface area contributed by atoms with Gasteiger partial charge in [-0.2, -0.15) is 42.0 Å². The van der Waals surface area contributed by atoms with E-state index in [1.54, 1.807) is 6.92 Å². The monoisotopic (exact) mass is 551 g/mol. The minimum Gasteiger partial charge on any atom is -0.383 e. The van der Waals surface area contributed by atoms with Gasteiger partial charge in [0.25, 0.3) is 0 Å². The highest BCUT2D eigenvalue weighted by Gasteiger charge is 2.56. The normalized spacial score (nSPS) is 17.7. The highest BCUT2D eigenvalue weighted by molar-refractivity contribution is 6.09. The summed E-state index contributed by atoms with van der Waals surface area (Å²) in [4.78, 5) is 31.6. The zero-order valence-electron chi connectivity index (χ0n) is 21.0. The van der Waals surface area contributed by atoms with E-state index in [1.165, 1.54) is 28.9 Å². The summed E-state index contributed by atoms with van der Waals surface area (Å²) in [5.41, 5.74) is 5.69. The average molecular weight is 551 g/mol. The Labute approximate surface area is 216 Å². The van der Waals surface area contributed by atoms with Crippen molar-refractivity contribution >= 4 is 28.6 Å². The molecule has 0 aromatic carbocycles. The molecule has 1 amide bonds. The summed E-state index contributed by atoms with van der Waals surface area (Å²) >= 11 is 0. The third kappa shape index (κ3) is 4.11. The van der Waals surface area contributed by atoms with Crippen LogP contribution in [0.3, 0.4) is 0 Å². The van der Waals surface area contributed by atoms with Crippen molar-refractivity contribution in [2.24, 2.45) is 7.05 Å². The number of halogens is 5. The summed E-state index contributed by atoms with van der Waals surface area (Å²) in [5, 5.41) is 15.6. The molecule has 0 radical (unpaired) electrons. The molecule has 0 saturated carbocycles. The quantitative estimate of drug-likeness (QED) is 0.344. The van der Waals surface area contributed by atoms with Gasteiger partial charge in [-0.25, -0.2) is 19.9 Å². The van der Waals surface area contributed by atoms with Crippen molar-refractivity contribution in [1.82, 2.24) is 44.7 Å². The molecule has 0 aliphatic carbocycles. The number of hydrogen-bond donors (Lipinski definition) is 2. The molecule has 1 aliphatic rings. The van der Waals surface area contributed by atoms with Gasteiger partial charge in [0, 0.05) is 19.9 Å². The molecule has 39 heavy (non-hydrogen) atoms. The summed E-state index contributed by atoms with van der Waals surface area (Å²) in [6, 6.07) is -0.0628. The van der Waals surface area contributed by atoms with Crippen molar-refractivity contribution < 1.29 is 26.7 Å². The van der Waals surface area contributed by atoms with Gasteiger partial charge in [-0.1, -0.05) is 0 Å². The summed E-state index contributed by atoms with van der Waals surface area (Å²) in [6.45, 7) is 5.35. The maximum atomic E-state index is 13.6. The van der Waals surface area contributed by atoms with Crippen LogP contribution in [0.25, 0.3) is 22.6 Å². The third-order valence-electron chi connectivity index (χ3n) is 6.53. The molecular weight excluding hydrogens is 529 g/mol. The zero-order chi connectivity index (χ0) is 28.5. The first-order valence-electron chi connectivity index (χ1n) is 11.7. The van der Waals surface area contributed by atoms with Crippen molar-refractivity contribution in [2.45, 2.75) is 57.2 Å². The highest BCUT2D eigenvalue weighted by atomic mass is 19.4. The molecule has 12 nitrogen and oxygen atoms in total. The van der Waals surface area contributed by atoms with E-state index in [0.717, 1.165) is 0 Å². The fourth-order valence-electron chi connectivity index (χ4n) is 4.27. The van der Waals surface area contributed by atoms with Crippen LogP contribution < -0.4 is 11.1 Å². The number of aromatic nitrogens is 9. The van der Waals surface area contributed by atoms with E-state index in [9.17, 15) is 26.7 Å². The van der Waals surface area contributed by atoms with Gasteiger partial charge in [0.1, 0.15) is 34.3 Å². The van der Waals surface area contributed by atoms with Crippen LogP contribution in [-0.4, -0.2) is 62.7 Å². The van der Waals surface area contributed by atoms with Crippen LogP contribution in [0.15, 0.2) is 12.4 Å². The van der Waals surface area contributed by atoms with Gasteiger partial charge in [0.2, 0.25) is 5.91 Å². The Morgan fingerprint density at radius 3 is 2.44 bits per heavy atom. The van der Waals surface area contributed by atoms with Crippen molar-refractivity contribution in [3.63, 3.8) is 0 Å². The van der Waals surface area contributed by atoms with Gasteiger partial charge in [-0.15, -0.1) is 0 Å². The molecule has 206 valence electrons. The van der Waals surface area contributed by atoms with Crippen molar-refractivity contribution in [3.05, 3.63) is 29.5 Å². The fourth-order valence-corrected chi connectivity index (χ4v) is 4.27. The topological polar surface area (TPSA) is 155 Å². The van der Waals surface area contributed by atoms with E-state index < -0.39 is 36.3 Å². The van der Waals surface area contributed by atoms with Crippen LogP contribution in [-0.2, 0) is 23.7 Å². The Balaban J connectivity index is 1.60. The van der Waals surface area contributed by atoms with Crippen LogP contribution in [0.2, 0.25) is 0 Å². The van der Waals surface area contributed by atoms with Crippen molar-refractivity contribution in [2.75, 3.05) is 11.1 Å².